The minimum absolute atomic E-state index is 0.304. The van der Waals surface area contributed by atoms with Crippen LogP contribution in [0.1, 0.15) is 6.92 Å². The first-order valence-corrected chi connectivity index (χ1v) is 3.42. The van der Waals surface area contributed by atoms with Crippen LogP contribution < -0.4 is 5.48 Å². The maximum Gasteiger partial charge on any atom is 0.165 e. The molecule has 44 valence electrons. The summed E-state index contributed by atoms with van der Waals surface area (Å²) in [5, 5.41) is 0.399. The fourth-order valence-corrected chi connectivity index (χ4v) is 1.25. The molecule has 2 aliphatic rings. The van der Waals surface area contributed by atoms with Crippen molar-refractivity contribution in [1.29, 1.82) is 0 Å². The van der Waals surface area contributed by atoms with Gasteiger partial charge in [0.25, 0.3) is 0 Å². The second-order valence-electron chi connectivity index (χ2n) is 1.83. The van der Waals surface area contributed by atoms with E-state index >= 15 is 0 Å². The highest BCUT2D eigenvalue weighted by molar-refractivity contribution is 8.07. The fourth-order valence-electron chi connectivity index (χ4n) is 0.630. The van der Waals surface area contributed by atoms with Gasteiger partial charge in [0.2, 0.25) is 0 Å². The van der Waals surface area contributed by atoms with E-state index in [-0.39, 0.29) is 0 Å². The van der Waals surface area contributed by atoms with E-state index in [1.807, 2.05) is 6.92 Å². The van der Waals surface area contributed by atoms with Crippen molar-refractivity contribution in [3.05, 3.63) is 0 Å². The third kappa shape index (κ3) is 0.605. The van der Waals surface area contributed by atoms with Crippen LogP contribution in [0.2, 0.25) is 0 Å². The van der Waals surface area contributed by atoms with Gasteiger partial charge in [0.1, 0.15) is 11.2 Å². The summed E-state index contributed by atoms with van der Waals surface area (Å²) in [7, 11) is 0. The Morgan fingerprint density at radius 3 is 3.38 bits per heavy atom. The van der Waals surface area contributed by atoms with Gasteiger partial charge in [-0.25, -0.2) is 0 Å². The molecule has 2 aliphatic heterocycles. The van der Waals surface area contributed by atoms with E-state index < -0.39 is 0 Å². The smallest absolute Gasteiger partial charge is 0.165 e. The lowest BCUT2D eigenvalue weighted by atomic mass is 10.6. The number of amidine groups is 1. The Hall–Kier alpha value is -0.220. The van der Waals surface area contributed by atoms with E-state index in [9.17, 15) is 0 Å². The van der Waals surface area contributed by atoms with Crippen LogP contribution in [0.5, 0.6) is 0 Å². The monoisotopic (exact) mass is 130 g/mol. The van der Waals surface area contributed by atoms with Crippen molar-refractivity contribution in [3.63, 3.8) is 0 Å². The predicted octanol–water partition coefficient (Wildman–Crippen LogP) is 0.339. The highest BCUT2D eigenvalue weighted by Gasteiger charge is 2.42. The molecule has 0 amide bonds. The third-order valence-electron chi connectivity index (χ3n) is 1.07. The molecule has 1 N–H and O–H groups in total. The Balaban J connectivity index is 2.15. The summed E-state index contributed by atoms with van der Waals surface area (Å²) in [6.45, 7) is 1.90. The largest absolute Gasteiger partial charge is 0.257 e. The lowest BCUT2D eigenvalue weighted by Gasteiger charge is -2.07. The number of fused-ring (bicyclic) bond motifs is 1. The van der Waals surface area contributed by atoms with Crippen LogP contribution in [0.15, 0.2) is 4.99 Å². The van der Waals surface area contributed by atoms with Gasteiger partial charge in [-0.2, -0.15) is 0 Å². The van der Waals surface area contributed by atoms with Crippen molar-refractivity contribution in [2.24, 2.45) is 4.99 Å². The summed E-state index contributed by atoms with van der Waals surface area (Å²) < 4.78 is 0. The normalized spacial score (nSPS) is 41.9. The third-order valence-corrected chi connectivity index (χ3v) is 2.01. The molecule has 2 rings (SSSR count). The molecule has 0 bridgehead atoms. The zero-order valence-corrected chi connectivity index (χ0v) is 5.23. The molecule has 0 radical (unpaired) electrons. The van der Waals surface area contributed by atoms with Gasteiger partial charge < -0.3 is 0 Å². The molecule has 2 atom stereocenters. The summed E-state index contributed by atoms with van der Waals surface area (Å²) in [5.74, 6) is 0.885. The van der Waals surface area contributed by atoms with Gasteiger partial charge >= 0.3 is 0 Å². The standard InChI is InChI=1S/C4H6N2OS/c1-2-5-3-4(8-3)7-6-2/h3-4H,1H3,(H,5,6). The molecule has 2 unspecified atom stereocenters. The predicted molar refractivity (Wildman–Crippen MR) is 32.5 cm³/mol. The molecule has 0 aromatic heterocycles. The molecule has 0 spiro atoms. The van der Waals surface area contributed by atoms with Crippen molar-refractivity contribution in [1.82, 2.24) is 5.48 Å². The van der Waals surface area contributed by atoms with Crippen LogP contribution in [-0.4, -0.2) is 16.6 Å². The lowest BCUT2D eigenvalue weighted by Crippen LogP contribution is -2.27. The first-order valence-electron chi connectivity index (χ1n) is 2.48. The number of rotatable bonds is 0. The second-order valence-corrected chi connectivity index (χ2v) is 3.05. The molecule has 0 aromatic carbocycles. The van der Waals surface area contributed by atoms with E-state index in [2.05, 4.69) is 10.5 Å². The maximum atomic E-state index is 5.05. The molecule has 1 fully saturated rings. The van der Waals surface area contributed by atoms with E-state index in [1.165, 1.54) is 0 Å². The quantitative estimate of drug-likeness (QED) is 0.480. The second kappa shape index (κ2) is 1.39. The minimum atomic E-state index is 0.304. The van der Waals surface area contributed by atoms with Gasteiger partial charge in [0.05, 0.1) is 0 Å². The molecule has 0 aliphatic carbocycles. The van der Waals surface area contributed by atoms with Gasteiger partial charge in [-0.3, -0.25) is 15.3 Å². The molecule has 4 heteroatoms. The number of hydrogen-bond acceptors (Lipinski definition) is 4. The molecular formula is C4H6N2OS. The minimum Gasteiger partial charge on any atom is -0.257 e. The fraction of sp³-hybridized carbons (Fsp3) is 0.750. The van der Waals surface area contributed by atoms with Crippen molar-refractivity contribution in [3.8, 4) is 0 Å². The summed E-state index contributed by atoms with van der Waals surface area (Å²) in [6.07, 6.45) is 0. The van der Waals surface area contributed by atoms with Crippen LogP contribution in [0, 0.1) is 0 Å². The van der Waals surface area contributed by atoms with Crippen LogP contribution >= 0.6 is 11.8 Å². The highest BCUT2D eigenvalue weighted by Crippen LogP contribution is 2.43. The SMILES string of the molecule is CC1=NC2SC2ON1. The van der Waals surface area contributed by atoms with Crippen molar-refractivity contribution < 1.29 is 4.84 Å². The number of nitrogens with one attached hydrogen (secondary N) is 1. The van der Waals surface area contributed by atoms with Gasteiger partial charge in [0, 0.05) is 0 Å². The van der Waals surface area contributed by atoms with E-state index in [1.54, 1.807) is 11.8 Å². The number of thioether (sulfide) groups is 1. The topological polar surface area (TPSA) is 33.6 Å². The van der Waals surface area contributed by atoms with Crippen molar-refractivity contribution in [2.45, 2.75) is 17.7 Å². The van der Waals surface area contributed by atoms with E-state index in [4.69, 9.17) is 4.84 Å². The first kappa shape index (κ1) is 4.64. The van der Waals surface area contributed by atoms with Gasteiger partial charge in [-0.1, -0.05) is 11.8 Å². The van der Waals surface area contributed by atoms with Crippen LogP contribution in [-0.2, 0) is 4.84 Å². The Labute approximate surface area is 51.5 Å². The summed E-state index contributed by atoms with van der Waals surface area (Å²) >= 11 is 1.73. The van der Waals surface area contributed by atoms with Crippen LogP contribution in [0.3, 0.4) is 0 Å². The van der Waals surface area contributed by atoms with Crippen molar-refractivity contribution >= 4 is 17.6 Å². The van der Waals surface area contributed by atoms with Gasteiger partial charge in [-0.15, -0.1) is 0 Å². The van der Waals surface area contributed by atoms with Crippen LogP contribution in [0.4, 0.5) is 0 Å². The Bertz CT molecular complexity index is 147. The molecule has 3 nitrogen and oxygen atoms in total. The Morgan fingerprint density at radius 1 is 1.88 bits per heavy atom. The summed E-state index contributed by atoms with van der Waals surface area (Å²) in [4.78, 5) is 9.25. The van der Waals surface area contributed by atoms with Gasteiger partial charge in [0.15, 0.2) is 5.44 Å². The van der Waals surface area contributed by atoms with Crippen LogP contribution in [0.25, 0.3) is 0 Å². The summed E-state index contributed by atoms with van der Waals surface area (Å²) in [6, 6.07) is 0. The van der Waals surface area contributed by atoms with E-state index in [0.29, 0.717) is 10.8 Å². The molecule has 0 aromatic rings. The first-order chi connectivity index (χ1) is 3.86. The molecule has 8 heavy (non-hydrogen) atoms. The van der Waals surface area contributed by atoms with E-state index in [0.717, 1.165) is 5.84 Å². The number of aliphatic imine (C=N–C) groups is 1. The molecular weight excluding hydrogens is 124 g/mol. The zero-order valence-electron chi connectivity index (χ0n) is 4.42. The number of nitrogens with zero attached hydrogens (tertiary/aromatic N) is 1. The number of hydrogen-bond donors (Lipinski definition) is 1. The maximum absolute atomic E-state index is 5.05. The van der Waals surface area contributed by atoms with Crippen molar-refractivity contribution in [2.75, 3.05) is 0 Å². The number of hydroxylamine groups is 1. The average Bonchev–Trinajstić information content (AvgIpc) is 2.43. The molecule has 2 heterocycles. The highest BCUT2D eigenvalue weighted by atomic mass is 32.2. The Morgan fingerprint density at radius 2 is 2.75 bits per heavy atom. The summed E-state index contributed by atoms with van der Waals surface area (Å²) in [5.41, 5.74) is 3.01. The average molecular weight is 130 g/mol. The molecule has 0 saturated carbocycles. The zero-order chi connectivity index (χ0) is 5.56. The molecule has 1 saturated heterocycles. The lowest BCUT2D eigenvalue weighted by molar-refractivity contribution is 0.0731. The Kier molecular flexibility index (Phi) is 0.804. The van der Waals surface area contributed by atoms with Gasteiger partial charge in [-0.05, 0) is 6.92 Å².